The molecule has 6 heteroatoms. The summed E-state index contributed by atoms with van der Waals surface area (Å²) in [5.74, 6) is 0. The third-order valence-electron chi connectivity index (χ3n) is 3.82. The fraction of sp³-hybridized carbons (Fsp3) is 0.235. The predicted molar refractivity (Wildman–Crippen MR) is 89.0 cm³/mol. The Morgan fingerprint density at radius 1 is 1.13 bits per heavy atom. The first-order valence-corrected chi connectivity index (χ1v) is 10.8. The first-order valence-electron chi connectivity index (χ1n) is 6.83. The fourth-order valence-electron chi connectivity index (χ4n) is 2.66. The number of pyridine rings is 1. The molecule has 1 aromatic heterocycles. The van der Waals surface area contributed by atoms with Crippen molar-refractivity contribution >= 4 is 34.9 Å². The quantitative estimate of drug-likeness (QED) is 0.349. The molecule has 0 aliphatic heterocycles. The van der Waals surface area contributed by atoms with Crippen molar-refractivity contribution < 1.29 is 42.2 Å². The van der Waals surface area contributed by atoms with Crippen LogP contribution < -0.4 is 24.8 Å². The van der Waals surface area contributed by atoms with Crippen molar-refractivity contribution in [2.45, 2.75) is 26.4 Å². The van der Waals surface area contributed by atoms with Gasteiger partial charge in [-0.2, -0.15) is 21.8 Å². The van der Waals surface area contributed by atoms with Crippen molar-refractivity contribution in [3.63, 3.8) is 0 Å². The number of benzene rings is 1. The van der Waals surface area contributed by atoms with Crippen LogP contribution in [0, 0.1) is 6.08 Å². The van der Waals surface area contributed by atoms with Crippen molar-refractivity contribution in [3.8, 4) is 0 Å². The largest absolute Gasteiger partial charge is 3.00 e. The molecule has 0 saturated carbocycles. The van der Waals surface area contributed by atoms with Gasteiger partial charge in [0.05, 0.1) is 5.52 Å². The summed E-state index contributed by atoms with van der Waals surface area (Å²) in [6, 6.07) is 10.4. The molecule has 3 rings (SSSR count). The van der Waals surface area contributed by atoms with Crippen LogP contribution in [0.5, 0.6) is 0 Å². The molecule has 0 spiro atoms. The summed E-state index contributed by atoms with van der Waals surface area (Å²) in [6.45, 7) is 6.45. The molecule has 0 amide bonds. The Morgan fingerprint density at radius 3 is 2.39 bits per heavy atom. The number of rotatable bonds is 2. The smallest absolute Gasteiger partial charge is 1.00 e. The van der Waals surface area contributed by atoms with Crippen LogP contribution in [0.15, 0.2) is 47.3 Å². The second kappa shape index (κ2) is 8.72. The summed E-state index contributed by atoms with van der Waals surface area (Å²) in [7, 11) is -1.79. The standard InChI is InChI=1S/C17H17ClNSi.2ClH.Cr/c1-12-10-14(20(2,3)18)11-16(12)15-8-4-6-13-7-5-9-19-17(13)15;;;/h4-9H,11H2,1-3H3;2*1H;/q-1;;;+3/p-2. The monoisotopic (exact) mass is 420 g/mol. The van der Waals surface area contributed by atoms with E-state index >= 15 is 0 Å². The topological polar surface area (TPSA) is 12.9 Å². The van der Waals surface area contributed by atoms with Crippen LogP contribution in [-0.4, -0.2) is 12.4 Å². The van der Waals surface area contributed by atoms with Crippen molar-refractivity contribution in [2.75, 3.05) is 0 Å². The van der Waals surface area contributed by atoms with Crippen molar-refractivity contribution in [3.05, 3.63) is 58.9 Å². The van der Waals surface area contributed by atoms with Crippen LogP contribution in [-0.2, 0) is 17.4 Å². The summed E-state index contributed by atoms with van der Waals surface area (Å²) in [5, 5.41) is 2.47. The maximum Gasteiger partial charge on any atom is 3.00 e. The number of hydrogen-bond donors (Lipinski definition) is 0. The fourth-order valence-corrected chi connectivity index (χ4v) is 4.08. The van der Waals surface area contributed by atoms with E-state index in [0.29, 0.717) is 0 Å². The molecule has 121 valence electrons. The molecule has 1 aliphatic carbocycles. The molecule has 0 fully saturated rings. The number of allylic oxidation sites excluding steroid dienone is 4. The van der Waals surface area contributed by atoms with E-state index in [0.717, 1.165) is 11.9 Å². The minimum absolute atomic E-state index is 0. The molecule has 1 heterocycles. The molecule has 1 aliphatic rings. The van der Waals surface area contributed by atoms with Gasteiger partial charge >= 0.3 is 17.4 Å². The molecule has 1 aromatic carbocycles. The van der Waals surface area contributed by atoms with Gasteiger partial charge in [-0.05, 0) is 11.5 Å². The van der Waals surface area contributed by atoms with Gasteiger partial charge in [-0.15, -0.1) is 0 Å². The van der Waals surface area contributed by atoms with Crippen molar-refractivity contribution in [2.24, 2.45) is 0 Å². The van der Waals surface area contributed by atoms with Gasteiger partial charge in [0.2, 0.25) is 0 Å². The molecule has 23 heavy (non-hydrogen) atoms. The van der Waals surface area contributed by atoms with Crippen LogP contribution in [0.4, 0.5) is 0 Å². The molecule has 0 atom stereocenters. The first-order chi connectivity index (χ1) is 9.47. The van der Waals surface area contributed by atoms with E-state index in [9.17, 15) is 0 Å². The number of fused-ring (bicyclic) bond motifs is 1. The van der Waals surface area contributed by atoms with Crippen LogP contribution >= 0.6 is 11.1 Å². The Kier molecular flexibility index (Phi) is 8.61. The van der Waals surface area contributed by atoms with Gasteiger partial charge in [0.1, 0.15) is 0 Å². The van der Waals surface area contributed by atoms with Gasteiger partial charge in [0.25, 0.3) is 0 Å². The number of halogens is 3. The van der Waals surface area contributed by atoms with E-state index in [4.69, 9.17) is 11.1 Å². The van der Waals surface area contributed by atoms with E-state index in [1.807, 2.05) is 12.3 Å². The van der Waals surface area contributed by atoms with Gasteiger partial charge in [0.15, 0.2) is 7.38 Å². The second-order valence-electron chi connectivity index (χ2n) is 5.74. The second-order valence-corrected chi connectivity index (χ2v) is 12.1. The zero-order chi connectivity index (χ0) is 14.3. The molecular weight excluding hydrogens is 405 g/mol. The molecule has 0 bridgehead atoms. The van der Waals surface area contributed by atoms with Crippen molar-refractivity contribution in [1.82, 2.24) is 4.98 Å². The molecule has 1 nitrogen and oxygen atoms in total. The predicted octanol–water partition coefficient (Wildman–Crippen LogP) is -0.870. The Bertz CT molecular complexity index is 746. The number of hydrogen-bond acceptors (Lipinski definition) is 1. The Hall–Kier alpha value is -0.271. The van der Waals surface area contributed by atoms with E-state index in [1.54, 1.807) is 0 Å². The van der Waals surface area contributed by atoms with Gasteiger partial charge in [-0.3, -0.25) is 11.1 Å². The SMILES string of the molecule is CC1=C(c2cccc3cccnc23)CC([Si](C)(C)Cl)=[C-]1.[Cl-].[Cl-].[Cr+3]. The number of nitrogens with zero attached hydrogens (tertiary/aromatic N) is 1. The van der Waals surface area contributed by atoms with E-state index in [-0.39, 0.29) is 42.2 Å². The van der Waals surface area contributed by atoms with Crippen LogP contribution in [0.25, 0.3) is 16.5 Å². The minimum Gasteiger partial charge on any atom is -1.00 e. The normalized spacial score (nSPS) is 13.8. The molecule has 0 unspecified atom stereocenters. The Balaban J connectivity index is 0.00000161. The summed E-state index contributed by atoms with van der Waals surface area (Å²) < 4.78 is 0. The first kappa shape index (κ1) is 22.7. The summed E-state index contributed by atoms with van der Waals surface area (Å²) in [6.07, 6.45) is 6.28. The third kappa shape index (κ3) is 4.63. The number of aromatic nitrogens is 1. The summed E-state index contributed by atoms with van der Waals surface area (Å²) in [5.41, 5.74) is 4.82. The van der Waals surface area contributed by atoms with Gasteiger partial charge in [0, 0.05) is 6.20 Å². The third-order valence-corrected chi connectivity index (χ3v) is 6.24. The zero-order valence-electron chi connectivity index (χ0n) is 13.2. The maximum absolute atomic E-state index is 6.57. The summed E-state index contributed by atoms with van der Waals surface area (Å²) in [4.78, 5) is 4.55. The van der Waals surface area contributed by atoms with Gasteiger partial charge < -0.3 is 24.8 Å². The van der Waals surface area contributed by atoms with Crippen molar-refractivity contribution in [1.29, 1.82) is 0 Å². The minimum atomic E-state index is -1.79. The van der Waals surface area contributed by atoms with E-state index in [2.05, 4.69) is 55.3 Å². The van der Waals surface area contributed by atoms with Crippen LogP contribution in [0.2, 0.25) is 13.1 Å². The molecule has 1 radical (unpaired) electrons. The van der Waals surface area contributed by atoms with Crippen LogP contribution in [0.1, 0.15) is 18.9 Å². The van der Waals surface area contributed by atoms with E-state index < -0.39 is 7.38 Å². The summed E-state index contributed by atoms with van der Waals surface area (Å²) >= 11 is 6.57. The Labute approximate surface area is 166 Å². The molecule has 2 aromatic rings. The maximum atomic E-state index is 6.57. The van der Waals surface area contributed by atoms with Gasteiger partial charge in [-0.25, -0.2) is 5.57 Å². The average Bonchev–Trinajstić information content (AvgIpc) is 2.80. The van der Waals surface area contributed by atoms with Gasteiger partial charge in [-0.1, -0.05) is 56.3 Å². The number of para-hydroxylation sites is 1. The zero-order valence-corrected chi connectivity index (χ0v) is 17.7. The molecule has 0 N–H and O–H groups in total. The average molecular weight is 422 g/mol. The Morgan fingerprint density at radius 2 is 1.78 bits per heavy atom. The van der Waals surface area contributed by atoms with Crippen LogP contribution in [0.3, 0.4) is 0 Å². The molecule has 0 saturated heterocycles. The molecular formula is C17H17Cl3CrNSi. The van der Waals surface area contributed by atoms with E-state index in [1.165, 1.54) is 27.3 Å².